The predicted molar refractivity (Wildman–Crippen MR) is 142 cm³/mol. The van der Waals surface area contributed by atoms with Crippen LogP contribution in [0.15, 0.2) is 12.7 Å². The van der Waals surface area contributed by atoms with Crippen molar-refractivity contribution in [3.8, 4) is 0 Å². The maximum Gasteiger partial charge on any atom is 0.330 e. The number of esters is 1. The molecule has 0 rings (SSSR count). The number of hydrogen-bond donors (Lipinski definition) is 0. The van der Waals surface area contributed by atoms with Crippen molar-refractivity contribution in [2.24, 2.45) is 0 Å². The number of carbonyl (C=O) groups excluding carboxylic acids is 1. The first-order chi connectivity index (χ1) is 13.7. The predicted octanol–water partition coefficient (Wildman–Crippen LogP) is 8.62. The van der Waals surface area contributed by atoms with Gasteiger partial charge in [0.2, 0.25) is 0 Å². The first-order valence-electron chi connectivity index (χ1n) is 11.5. The normalized spacial score (nSPS) is 11.1. The lowest BCUT2D eigenvalue weighted by molar-refractivity contribution is -0.137. The number of halogens is 2. The molecule has 0 amide bonds. The highest BCUT2D eigenvalue weighted by Crippen LogP contribution is 2.15. The third-order valence-electron chi connectivity index (χ3n) is 5.03. The Kier molecular flexibility index (Phi) is 24.9. The third kappa shape index (κ3) is 24.9. The van der Waals surface area contributed by atoms with E-state index in [-0.39, 0.29) is 5.97 Å². The highest BCUT2D eigenvalue weighted by atomic mass is 127. The van der Waals surface area contributed by atoms with Gasteiger partial charge in [-0.05, 0) is 6.42 Å². The van der Waals surface area contributed by atoms with Crippen molar-refractivity contribution in [1.29, 1.82) is 0 Å². The molecule has 0 bridgehead atoms. The van der Waals surface area contributed by atoms with Gasteiger partial charge in [0.1, 0.15) is 0 Å². The lowest BCUT2D eigenvalue weighted by atomic mass is 10.0. The van der Waals surface area contributed by atoms with E-state index in [1.165, 1.54) is 115 Å². The summed E-state index contributed by atoms with van der Waals surface area (Å²) in [6, 6.07) is 1.45. The molecule has 0 unspecified atom stereocenters. The second kappa shape index (κ2) is 24.2. The van der Waals surface area contributed by atoms with Crippen LogP contribution in [-0.4, -0.2) is 23.7 Å². The zero-order chi connectivity index (χ0) is 20.7. The first kappa shape index (κ1) is 28.9. The van der Waals surface area contributed by atoms with Gasteiger partial charge in [0.15, 0.2) is 0 Å². The second-order valence-corrected chi connectivity index (χ2v) is 16.3. The van der Waals surface area contributed by atoms with Crippen molar-refractivity contribution in [3.05, 3.63) is 12.7 Å². The minimum atomic E-state index is -0.299. The monoisotopic (exact) mass is 632 g/mol. The van der Waals surface area contributed by atoms with E-state index >= 15 is 0 Å². The lowest BCUT2D eigenvalue weighted by Crippen LogP contribution is -2.01. The van der Waals surface area contributed by atoms with Crippen LogP contribution in [0.5, 0.6) is 0 Å². The average molecular weight is 632 g/mol. The van der Waals surface area contributed by atoms with Crippen LogP contribution in [0, 0.1) is 0 Å². The second-order valence-electron chi connectivity index (χ2n) is 7.64. The quantitative estimate of drug-likeness (QED) is 0.0299. The molecule has 28 heavy (non-hydrogen) atoms. The summed E-state index contributed by atoms with van der Waals surface area (Å²) in [5.41, 5.74) is 0. The molecule has 0 heterocycles. The van der Waals surface area contributed by atoms with Gasteiger partial charge in [0.25, 0.3) is 0 Å². The van der Waals surface area contributed by atoms with E-state index in [9.17, 15) is 4.79 Å². The van der Waals surface area contributed by atoms with Crippen LogP contribution in [0.4, 0.5) is 0 Å². The highest BCUT2D eigenvalue weighted by molar-refractivity contribution is 14.2. The van der Waals surface area contributed by atoms with Crippen LogP contribution >= 0.6 is 45.2 Å². The van der Waals surface area contributed by atoms with Crippen LogP contribution < -0.4 is 0 Å². The number of rotatable bonds is 22. The number of alkyl halides is 2. The smallest absolute Gasteiger partial charge is 0.330 e. The molecule has 164 valence electrons. The van der Waals surface area contributed by atoms with Crippen LogP contribution in [0.3, 0.4) is 0 Å². The molecular formula is C23H42I2O2Si. The Morgan fingerprint density at radius 1 is 0.714 bits per heavy atom. The maximum absolute atomic E-state index is 10.9. The minimum Gasteiger partial charge on any atom is -0.463 e. The molecule has 2 radical (unpaired) electrons. The van der Waals surface area contributed by atoms with Crippen molar-refractivity contribution in [2.45, 2.75) is 117 Å². The van der Waals surface area contributed by atoms with Crippen molar-refractivity contribution < 1.29 is 9.53 Å². The Balaban J connectivity index is 3.03. The number of carbonyl (C=O) groups is 1. The van der Waals surface area contributed by atoms with Crippen LogP contribution in [0.25, 0.3) is 0 Å². The van der Waals surface area contributed by atoms with Gasteiger partial charge >= 0.3 is 5.97 Å². The van der Waals surface area contributed by atoms with Crippen LogP contribution in [-0.2, 0) is 9.53 Å². The van der Waals surface area contributed by atoms with Gasteiger partial charge < -0.3 is 4.74 Å². The molecule has 0 aliphatic heterocycles. The van der Waals surface area contributed by atoms with E-state index in [1.807, 2.05) is 0 Å². The van der Waals surface area contributed by atoms with Gasteiger partial charge in [-0.25, -0.2) is 4.79 Å². The summed E-state index contributed by atoms with van der Waals surface area (Å²) in [4.78, 5) is 10.9. The van der Waals surface area contributed by atoms with Gasteiger partial charge in [0, 0.05) is 6.08 Å². The summed E-state index contributed by atoms with van der Waals surface area (Å²) in [6.07, 6.45) is 24.6. The standard InChI is InChI=1S/C23H42I2O2Si/c1-2-22(26)27-20-18-16-14-12-10-8-6-4-3-5-7-9-11-13-15-17-19-21-28-23(24)25/h2,23H,1,3-21H2. The number of unbranched alkanes of at least 4 members (excludes halogenated alkanes) is 16. The molecule has 0 N–H and O–H groups in total. The first-order valence-corrected chi connectivity index (χ1v) is 15.2. The largest absolute Gasteiger partial charge is 0.463 e. The molecule has 0 aromatic carbocycles. The van der Waals surface area contributed by atoms with Gasteiger partial charge in [0.05, 0.1) is 17.7 Å². The Hall–Kier alpha value is 0.887. The van der Waals surface area contributed by atoms with Gasteiger partial charge in [-0.15, -0.1) is 0 Å². The van der Waals surface area contributed by atoms with E-state index in [1.54, 1.807) is 0 Å². The Bertz CT molecular complexity index is 351. The summed E-state index contributed by atoms with van der Waals surface area (Å²) in [7, 11) is 1.15. The molecule has 0 aliphatic rings. The van der Waals surface area contributed by atoms with E-state index in [0.717, 1.165) is 17.5 Å². The molecule has 0 spiro atoms. The van der Waals surface area contributed by atoms with Crippen molar-refractivity contribution in [3.63, 3.8) is 0 Å². The Morgan fingerprint density at radius 3 is 1.43 bits per heavy atom. The highest BCUT2D eigenvalue weighted by Gasteiger charge is 1.99. The topological polar surface area (TPSA) is 26.3 Å². The molecular weight excluding hydrogens is 590 g/mol. The van der Waals surface area contributed by atoms with E-state index in [2.05, 4.69) is 51.8 Å². The minimum absolute atomic E-state index is 0.299. The molecule has 0 aliphatic carbocycles. The van der Waals surface area contributed by atoms with Crippen molar-refractivity contribution in [1.82, 2.24) is 0 Å². The van der Waals surface area contributed by atoms with Gasteiger partial charge in [-0.3, -0.25) is 0 Å². The van der Waals surface area contributed by atoms with Crippen LogP contribution in [0.2, 0.25) is 6.04 Å². The number of hydrogen-bond acceptors (Lipinski definition) is 2. The summed E-state index contributed by atoms with van der Waals surface area (Å²) in [6.45, 7) is 3.94. The summed E-state index contributed by atoms with van der Waals surface area (Å²) >= 11 is 5.07. The molecule has 0 saturated heterocycles. The summed E-state index contributed by atoms with van der Waals surface area (Å²) < 4.78 is 5.82. The maximum atomic E-state index is 10.9. The fraction of sp³-hybridized carbons (Fsp3) is 0.870. The number of ether oxygens (including phenoxy) is 1. The van der Waals surface area contributed by atoms with Crippen LogP contribution in [0.1, 0.15) is 109 Å². The lowest BCUT2D eigenvalue weighted by Gasteiger charge is -2.04. The Labute approximate surface area is 204 Å². The average Bonchev–Trinajstić information content (AvgIpc) is 2.68. The Morgan fingerprint density at radius 2 is 1.07 bits per heavy atom. The third-order valence-corrected chi connectivity index (χ3v) is 8.62. The van der Waals surface area contributed by atoms with Crippen molar-refractivity contribution in [2.75, 3.05) is 6.61 Å². The molecule has 0 aromatic rings. The molecule has 0 fully saturated rings. The van der Waals surface area contributed by atoms with Gasteiger partial charge in [-0.1, -0.05) is 161 Å². The van der Waals surface area contributed by atoms with Crippen molar-refractivity contribution >= 4 is 60.7 Å². The SMILES string of the molecule is C=CC(=O)OCCCCCCCCCCCCCCCCCCC[Si]C(I)I. The van der Waals surface area contributed by atoms with Gasteiger partial charge in [-0.2, -0.15) is 0 Å². The van der Waals surface area contributed by atoms with E-state index in [0.29, 0.717) is 6.61 Å². The fourth-order valence-electron chi connectivity index (χ4n) is 3.32. The zero-order valence-electron chi connectivity index (χ0n) is 17.9. The molecule has 5 heteroatoms. The zero-order valence-corrected chi connectivity index (χ0v) is 23.2. The fourth-order valence-corrected chi connectivity index (χ4v) is 5.86. The molecule has 0 aromatic heterocycles. The molecule has 2 nitrogen and oxygen atoms in total. The molecule has 0 atom stereocenters. The molecule has 0 saturated carbocycles. The van der Waals surface area contributed by atoms with E-state index in [4.69, 9.17) is 4.74 Å². The summed E-state index contributed by atoms with van der Waals surface area (Å²) in [5, 5.41) is 0. The van der Waals surface area contributed by atoms with E-state index < -0.39 is 0 Å². The summed E-state index contributed by atoms with van der Waals surface area (Å²) in [5.74, 6) is -0.299.